The molecule has 0 amide bonds. The fourth-order valence-corrected chi connectivity index (χ4v) is 2.48. The molecule has 1 aliphatic heterocycles. The van der Waals surface area contributed by atoms with Gasteiger partial charge in [0.15, 0.2) is 6.10 Å². The summed E-state index contributed by atoms with van der Waals surface area (Å²) in [6.45, 7) is 1.85. The molecule has 10 nitrogen and oxygen atoms in total. The van der Waals surface area contributed by atoms with Crippen LogP contribution in [0.5, 0.6) is 5.75 Å². The van der Waals surface area contributed by atoms with E-state index in [0.29, 0.717) is 5.56 Å². The number of aliphatic hydroxyl groups is 6. The molecule has 1 aromatic carbocycles. The molecule has 1 saturated heterocycles. The quantitative estimate of drug-likeness (QED) is 0.282. The standard InChI is InChI=1S/C18H26O10/c1-18(2,25)15(23)16(24)26-8-9-3-5-10(6-4-9)27-17-14(22)13(21)12(20)11(7-19)28-17/h3-6,11-15,17,19-23,25H,7-8H2,1-2H3/t11-,12-,13+,14-,15?,17-/m1/s1. The minimum Gasteiger partial charge on any atom is -0.462 e. The third kappa shape index (κ3) is 5.39. The summed E-state index contributed by atoms with van der Waals surface area (Å²) in [6.07, 6.45) is -8.61. The van der Waals surface area contributed by atoms with Crippen molar-refractivity contribution >= 4 is 5.97 Å². The Kier molecular flexibility index (Phi) is 7.34. The van der Waals surface area contributed by atoms with Crippen molar-refractivity contribution in [2.45, 2.75) is 62.9 Å². The monoisotopic (exact) mass is 402 g/mol. The molecule has 0 aliphatic carbocycles. The highest BCUT2D eigenvalue weighted by atomic mass is 16.7. The van der Waals surface area contributed by atoms with E-state index in [9.17, 15) is 35.4 Å². The van der Waals surface area contributed by atoms with Crippen LogP contribution in [-0.4, -0.2) is 85.6 Å². The van der Waals surface area contributed by atoms with Gasteiger partial charge in [0, 0.05) is 0 Å². The molecule has 1 unspecified atom stereocenters. The molecule has 1 fully saturated rings. The van der Waals surface area contributed by atoms with E-state index in [1.54, 1.807) is 12.1 Å². The van der Waals surface area contributed by atoms with E-state index >= 15 is 0 Å². The average molecular weight is 402 g/mol. The van der Waals surface area contributed by atoms with Gasteiger partial charge in [0.05, 0.1) is 12.2 Å². The van der Waals surface area contributed by atoms with Gasteiger partial charge in [-0.1, -0.05) is 12.1 Å². The zero-order chi connectivity index (χ0) is 21.1. The first-order valence-corrected chi connectivity index (χ1v) is 8.67. The number of ether oxygens (including phenoxy) is 3. The maximum Gasteiger partial charge on any atom is 0.338 e. The Balaban J connectivity index is 1.93. The van der Waals surface area contributed by atoms with E-state index in [1.165, 1.54) is 26.0 Å². The van der Waals surface area contributed by atoms with Gasteiger partial charge in [0.1, 0.15) is 36.8 Å². The van der Waals surface area contributed by atoms with Crippen LogP contribution in [0.4, 0.5) is 0 Å². The van der Waals surface area contributed by atoms with Crippen molar-refractivity contribution < 1.29 is 49.6 Å². The van der Waals surface area contributed by atoms with Crippen molar-refractivity contribution in [2.75, 3.05) is 6.61 Å². The number of rotatable bonds is 7. The number of hydrogen-bond donors (Lipinski definition) is 6. The van der Waals surface area contributed by atoms with E-state index in [4.69, 9.17) is 14.2 Å². The van der Waals surface area contributed by atoms with Gasteiger partial charge < -0.3 is 44.8 Å². The summed E-state index contributed by atoms with van der Waals surface area (Å²) in [5.41, 5.74) is -1.06. The Morgan fingerprint density at radius 1 is 1.14 bits per heavy atom. The number of carbonyl (C=O) groups excluding carboxylic acids is 1. The van der Waals surface area contributed by atoms with Crippen LogP contribution in [0.15, 0.2) is 24.3 Å². The summed E-state index contributed by atoms with van der Waals surface area (Å²) >= 11 is 0. The molecule has 2 rings (SSSR count). The third-order valence-corrected chi connectivity index (χ3v) is 4.30. The molecule has 0 radical (unpaired) electrons. The number of carbonyl (C=O) groups is 1. The van der Waals surface area contributed by atoms with Gasteiger partial charge >= 0.3 is 5.97 Å². The Morgan fingerprint density at radius 3 is 2.29 bits per heavy atom. The van der Waals surface area contributed by atoms with E-state index in [0.717, 1.165) is 0 Å². The van der Waals surface area contributed by atoms with Gasteiger partial charge in [0.2, 0.25) is 6.29 Å². The molecule has 28 heavy (non-hydrogen) atoms. The lowest BCUT2D eigenvalue weighted by molar-refractivity contribution is -0.277. The molecule has 0 bridgehead atoms. The van der Waals surface area contributed by atoms with E-state index in [2.05, 4.69) is 0 Å². The molecule has 6 atom stereocenters. The van der Waals surface area contributed by atoms with E-state index in [1.807, 2.05) is 0 Å². The minimum atomic E-state index is -1.68. The molecule has 1 aromatic rings. The highest BCUT2D eigenvalue weighted by molar-refractivity contribution is 5.75. The highest BCUT2D eigenvalue weighted by Crippen LogP contribution is 2.24. The van der Waals surface area contributed by atoms with Crippen molar-refractivity contribution in [1.29, 1.82) is 0 Å². The highest BCUT2D eigenvalue weighted by Gasteiger charge is 2.44. The van der Waals surface area contributed by atoms with Gasteiger partial charge in [0.25, 0.3) is 0 Å². The number of benzene rings is 1. The fraction of sp³-hybridized carbons (Fsp3) is 0.611. The second kappa shape index (κ2) is 9.14. The largest absolute Gasteiger partial charge is 0.462 e. The lowest BCUT2D eigenvalue weighted by Crippen LogP contribution is -2.60. The lowest BCUT2D eigenvalue weighted by atomic mass is 9.99. The van der Waals surface area contributed by atoms with Crippen LogP contribution in [0.3, 0.4) is 0 Å². The third-order valence-electron chi connectivity index (χ3n) is 4.30. The van der Waals surface area contributed by atoms with Crippen molar-refractivity contribution in [3.63, 3.8) is 0 Å². The Labute approximate surface area is 161 Å². The van der Waals surface area contributed by atoms with Gasteiger partial charge in [-0.2, -0.15) is 0 Å². The smallest absolute Gasteiger partial charge is 0.338 e. The first-order valence-electron chi connectivity index (χ1n) is 8.67. The molecular weight excluding hydrogens is 376 g/mol. The SMILES string of the molecule is CC(C)(O)C(O)C(=O)OCc1ccc(O[C@@H]2O[C@H](CO)[C@@H](O)[C@H](O)[C@H]2O)cc1. The summed E-state index contributed by atoms with van der Waals surface area (Å²) < 4.78 is 15.6. The van der Waals surface area contributed by atoms with Crippen LogP contribution >= 0.6 is 0 Å². The molecule has 1 heterocycles. The number of hydrogen-bond acceptors (Lipinski definition) is 10. The van der Waals surface area contributed by atoms with Crippen LogP contribution < -0.4 is 4.74 Å². The first-order chi connectivity index (χ1) is 13.0. The molecule has 0 aromatic heterocycles. The van der Waals surface area contributed by atoms with Gasteiger partial charge in [-0.15, -0.1) is 0 Å². The maximum atomic E-state index is 11.7. The van der Waals surface area contributed by atoms with Crippen molar-refractivity contribution in [2.24, 2.45) is 0 Å². The molecule has 0 spiro atoms. The summed E-state index contributed by atoms with van der Waals surface area (Å²) in [7, 11) is 0. The summed E-state index contributed by atoms with van der Waals surface area (Å²) in [4.78, 5) is 11.7. The van der Waals surface area contributed by atoms with Crippen LogP contribution in [0, 0.1) is 0 Å². The number of aliphatic hydroxyl groups excluding tert-OH is 5. The molecule has 10 heteroatoms. The molecule has 0 saturated carbocycles. The molecule has 6 N–H and O–H groups in total. The predicted octanol–water partition coefficient (Wildman–Crippen LogP) is -1.96. The van der Waals surface area contributed by atoms with Crippen LogP contribution in [0.25, 0.3) is 0 Å². The fourth-order valence-electron chi connectivity index (χ4n) is 2.48. The average Bonchev–Trinajstić information content (AvgIpc) is 2.66. The zero-order valence-corrected chi connectivity index (χ0v) is 15.5. The number of esters is 1. The lowest BCUT2D eigenvalue weighted by Gasteiger charge is -2.39. The van der Waals surface area contributed by atoms with Gasteiger partial charge in [-0.3, -0.25) is 0 Å². The van der Waals surface area contributed by atoms with E-state index < -0.39 is 55.0 Å². The van der Waals surface area contributed by atoms with E-state index in [-0.39, 0.29) is 12.4 Å². The summed E-state index contributed by atoms with van der Waals surface area (Å²) in [6, 6.07) is 6.11. The Hall–Kier alpha value is -1.79. The Bertz CT molecular complexity index is 639. The minimum absolute atomic E-state index is 0.147. The van der Waals surface area contributed by atoms with Crippen LogP contribution in [0.2, 0.25) is 0 Å². The molecular formula is C18H26O10. The normalized spacial score (nSPS) is 29.2. The van der Waals surface area contributed by atoms with Crippen molar-refractivity contribution in [3.05, 3.63) is 29.8 Å². The van der Waals surface area contributed by atoms with Gasteiger partial charge in [-0.25, -0.2) is 4.79 Å². The molecule has 158 valence electrons. The summed E-state index contributed by atoms with van der Waals surface area (Å²) in [5, 5.41) is 57.8. The summed E-state index contributed by atoms with van der Waals surface area (Å²) in [5.74, 6) is -0.704. The Morgan fingerprint density at radius 2 is 1.75 bits per heavy atom. The first kappa shape index (κ1) is 22.5. The second-order valence-corrected chi connectivity index (χ2v) is 7.12. The predicted molar refractivity (Wildman–Crippen MR) is 92.9 cm³/mol. The van der Waals surface area contributed by atoms with Gasteiger partial charge in [-0.05, 0) is 31.5 Å². The van der Waals surface area contributed by atoms with Crippen molar-refractivity contribution in [1.82, 2.24) is 0 Å². The topological polar surface area (TPSA) is 166 Å². The zero-order valence-electron chi connectivity index (χ0n) is 15.5. The van der Waals surface area contributed by atoms with Crippen LogP contribution in [0.1, 0.15) is 19.4 Å². The molecule has 1 aliphatic rings. The maximum absolute atomic E-state index is 11.7. The second-order valence-electron chi connectivity index (χ2n) is 7.12. The van der Waals surface area contributed by atoms with Crippen molar-refractivity contribution in [3.8, 4) is 5.75 Å². The van der Waals surface area contributed by atoms with Crippen LogP contribution in [-0.2, 0) is 20.9 Å².